The number of hydrogen-bond acceptors (Lipinski definition) is 3. The van der Waals surface area contributed by atoms with Gasteiger partial charge in [0.1, 0.15) is 0 Å². The van der Waals surface area contributed by atoms with Crippen LogP contribution in [0.2, 0.25) is 0 Å². The first kappa shape index (κ1) is 32.7. The molecule has 216 valence electrons. The molecule has 2 aromatic carbocycles. The monoisotopic (exact) mass is 692 g/mol. The van der Waals surface area contributed by atoms with Gasteiger partial charge in [-0.2, -0.15) is 0 Å². The van der Waals surface area contributed by atoms with Gasteiger partial charge in [0, 0.05) is 0 Å². The third-order valence-electron chi connectivity index (χ3n) is 5.31. The van der Waals surface area contributed by atoms with Gasteiger partial charge in [0.15, 0.2) is 0 Å². The van der Waals surface area contributed by atoms with Gasteiger partial charge in [-0.05, 0) is 0 Å². The predicted molar refractivity (Wildman–Crippen MR) is 133 cm³/mol. The molecule has 0 N–H and O–H groups in total. The van der Waals surface area contributed by atoms with Crippen LogP contribution in [0.3, 0.4) is 0 Å². The minimum atomic E-state index is -7.38. The zero-order chi connectivity index (χ0) is 29.8. The van der Waals surface area contributed by atoms with Crippen molar-refractivity contribution in [2.75, 3.05) is 0 Å². The van der Waals surface area contributed by atoms with Crippen molar-refractivity contribution in [1.82, 2.24) is 0 Å². The second kappa shape index (κ2) is 10.1. The van der Waals surface area contributed by atoms with E-state index in [4.69, 9.17) is 2.51 Å². The molecule has 0 bridgehead atoms. The molecular formula is C24H26F9IO3S. The molecule has 14 heteroatoms. The molecule has 0 aromatic heterocycles. The summed E-state index contributed by atoms with van der Waals surface area (Å²) in [5.74, 6) is -14.8. The summed E-state index contributed by atoms with van der Waals surface area (Å²) in [4.78, 5) is 0. The number of rotatable bonds is 7. The van der Waals surface area contributed by atoms with Gasteiger partial charge < -0.3 is 0 Å². The Morgan fingerprint density at radius 2 is 0.947 bits per heavy atom. The van der Waals surface area contributed by atoms with Gasteiger partial charge in [0.05, 0.1) is 0 Å². The summed E-state index contributed by atoms with van der Waals surface area (Å²) < 4.78 is 152. The van der Waals surface area contributed by atoms with E-state index in [1.807, 2.05) is 0 Å². The minimum absolute atomic E-state index is 0.0613. The zero-order valence-electron chi connectivity index (χ0n) is 21.0. The van der Waals surface area contributed by atoms with Gasteiger partial charge in [-0.25, -0.2) is 0 Å². The Morgan fingerprint density at radius 3 is 1.26 bits per heavy atom. The molecule has 0 spiro atoms. The molecule has 2 rings (SSSR count). The Hall–Kier alpha value is -1.55. The van der Waals surface area contributed by atoms with Crippen LogP contribution >= 0.6 is 20.2 Å². The van der Waals surface area contributed by atoms with E-state index < -0.39 is 64.5 Å². The summed E-state index contributed by atoms with van der Waals surface area (Å²) in [6.07, 6.45) is -7.18. The van der Waals surface area contributed by atoms with E-state index in [1.54, 1.807) is 53.7 Å². The zero-order valence-corrected chi connectivity index (χ0v) is 24.0. The molecule has 0 amide bonds. The van der Waals surface area contributed by atoms with Crippen LogP contribution in [0.25, 0.3) is 0 Å². The summed E-state index contributed by atoms with van der Waals surface area (Å²) in [6, 6.07) is 11.6. The maximum atomic E-state index is 14.6. The van der Waals surface area contributed by atoms with Crippen LogP contribution in [0.4, 0.5) is 39.5 Å². The van der Waals surface area contributed by atoms with E-state index in [2.05, 4.69) is 0 Å². The van der Waals surface area contributed by atoms with Crippen molar-refractivity contribution in [2.24, 2.45) is 0 Å². The molecule has 0 unspecified atom stereocenters. The van der Waals surface area contributed by atoms with Crippen molar-refractivity contribution in [3.05, 3.63) is 66.8 Å². The Kier molecular flexibility index (Phi) is 8.71. The second-order valence-electron chi connectivity index (χ2n) is 10.4. The Morgan fingerprint density at radius 1 is 0.605 bits per heavy atom. The molecule has 0 atom stereocenters. The number of halogens is 10. The van der Waals surface area contributed by atoms with Gasteiger partial charge in [-0.3, -0.25) is 0 Å². The average molecular weight is 692 g/mol. The first-order chi connectivity index (χ1) is 16.8. The SMILES string of the molecule is CC(C)(C)c1ccccc1I(OS(=O)(=O)C(F)(F)C(F)(F)C(F)(F)C(F)(F)F)c1ccccc1C(C)(C)C. The van der Waals surface area contributed by atoms with Crippen LogP contribution in [0.15, 0.2) is 48.5 Å². The fourth-order valence-corrected chi connectivity index (χ4v) is 12.1. The summed E-state index contributed by atoms with van der Waals surface area (Å²) in [5.41, 5.74) is -0.739. The van der Waals surface area contributed by atoms with Crippen LogP contribution in [0, 0.1) is 7.14 Å². The first-order valence-electron chi connectivity index (χ1n) is 10.8. The number of alkyl halides is 9. The Balaban J connectivity index is 2.87. The number of hydrogen-bond donors (Lipinski definition) is 0. The van der Waals surface area contributed by atoms with Gasteiger partial charge in [0.2, 0.25) is 0 Å². The molecule has 0 aliphatic heterocycles. The molecule has 0 saturated heterocycles. The fourth-order valence-electron chi connectivity index (χ4n) is 3.26. The van der Waals surface area contributed by atoms with Crippen LogP contribution in [-0.4, -0.2) is 31.7 Å². The molecule has 0 aliphatic carbocycles. The summed E-state index contributed by atoms with van der Waals surface area (Å²) >= 11 is -4.30. The van der Waals surface area contributed by atoms with Gasteiger partial charge >= 0.3 is 223 Å². The van der Waals surface area contributed by atoms with Gasteiger partial charge in [-0.1, -0.05) is 0 Å². The molecule has 0 heterocycles. The molecular weight excluding hydrogens is 666 g/mol. The third kappa shape index (κ3) is 5.81. The van der Waals surface area contributed by atoms with Crippen LogP contribution < -0.4 is 0 Å². The first-order valence-corrected chi connectivity index (χ1v) is 15.3. The van der Waals surface area contributed by atoms with E-state index in [0.717, 1.165) is 0 Å². The van der Waals surface area contributed by atoms with Crippen molar-refractivity contribution in [3.8, 4) is 0 Å². The molecule has 0 radical (unpaired) electrons. The Bertz CT molecular complexity index is 1200. The molecule has 38 heavy (non-hydrogen) atoms. The number of benzene rings is 2. The van der Waals surface area contributed by atoms with E-state index >= 15 is 0 Å². The molecule has 0 aliphatic rings. The van der Waals surface area contributed by atoms with Crippen LogP contribution in [0.1, 0.15) is 52.7 Å². The fraction of sp³-hybridized carbons (Fsp3) is 0.500. The molecule has 0 saturated carbocycles. The van der Waals surface area contributed by atoms with E-state index in [9.17, 15) is 47.9 Å². The molecule has 2 aromatic rings. The van der Waals surface area contributed by atoms with Crippen molar-refractivity contribution in [2.45, 2.75) is 75.6 Å². The van der Waals surface area contributed by atoms with E-state index in [0.29, 0.717) is 11.1 Å². The average Bonchev–Trinajstić information content (AvgIpc) is 2.75. The quantitative estimate of drug-likeness (QED) is 0.216. The standard InChI is InChI=1S/C24H26F9IO3S/c1-19(2,3)15-11-7-9-13-17(15)34(18-14-10-8-12-16(18)20(4,5)6)37-38(35,36)24(32,33)22(27,28)21(25,26)23(29,30)31/h7-14H,1-6H3. The second-order valence-corrected chi connectivity index (χ2v) is 16.8. The third-order valence-corrected chi connectivity index (χ3v) is 13.0. The Labute approximate surface area is 222 Å². The summed E-state index contributed by atoms with van der Waals surface area (Å²) in [6.45, 7) is 10.1. The van der Waals surface area contributed by atoms with Gasteiger partial charge in [0.25, 0.3) is 0 Å². The normalized spacial score (nSPS) is 15.0. The topological polar surface area (TPSA) is 43.4 Å². The van der Waals surface area contributed by atoms with Crippen molar-refractivity contribution >= 4 is 30.4 Å². The molecule has 0 fully saturated rings. The summed E-state index contributed by atoms with van der Waals surface area (Å²) in [5, 5.41) is -6.94. The predicted octanol–water partition coefficient (Wildman–Crippen LogP) is 8.51. The maximum absolute atomic E-state index is 14.6. The van der Waals surface area contributed by atoms with Crippen LogP contribution in [-0.2, 0) is 23.5 Å². The van der Waals surface area contributed by atoms with Crippen molar-refractivity contribution < 1.29 is 50.4 Å². The van der Waals surface area contributed by atoms with Gasteiger partial charge in [-0.15, -0.1) is 0 Å². The van der Waals surface area contributed by atoms with E-state index in [-0.39, 0.29) is 7.14 Å². The van der Waals surface area contributed by atoms with Crippen molar-refractivity contribution in [1.29, 1.82) is 0 Å². The van der Waals surface area contributed by atoms with E-state index in [1.165, 1.54) is 36.4 Å². The van der Waals surface area contributed by atoms with Crippen molar-refractivity contribution in [3.63, 3.8) is 0 Å². The van der Waals surface area contributed by atoms with Crippen LogP contribution in [0.5, 0.6) is 0 Å². The summed E-state index contributed by atoms with van der Waals surface area (Å²) in [7, 11) is -7.07. The molecule has 3 nitrogen and oxygen atoms in total.